The van der Waals surface area contributed by atoms with Gasteiger partial charge >= 0.3 is 6.18 Å². The average molecular weight is 484 g/mol. The molecule has 0 spiro atoms. The third kappa shape index (κ3) is 3.99. The minimum Gasteiger partial charge on any atom is -0.370 e. The van der Waals surface area contributed by atoms with Gasteiger partial charge in [0.1, 0.15) is 0 Å². The number of nitrogens with zero attached hydrogens (tertiary/aromatic N) is 4. The molecule has 2 saturated heterocycles. The lowest BCUT2D eigenvalue weighted by Crippen LogP contribution is -2.37. The Balaban J connectivity index is 1.30. The number of nitrogens with one attached hydrogen (secondary N) is 1. The van der Waals surface area contributed by atoms with Crippen LogP contribution in [0.15, 0.2) is 24.3 Å². The Labute approximate surface area is 189 Å². The average Bonchev–Trinajstić information content (AvgIpc) is 3.44. The molecule has 0 radical (unpaired) electrons. The van der Waals surface area contributed by atoms with Crippen LogP contribution < -0.4 is 4.90 Å². The zero-order valence-corrected chi connectivity index (χ0v) is 18.8. The number of benzene rings is 1. The molecule has 178 valence electrons. The van der Waals surface area contributed by atoms with Gasteiger partial charge in [0.15, 0.2) is 5.69 Å². The summed E-state index contributed by atoms with van der Waals surface area (Å²) < 4.78 is 65.5. The van der Waals surface area contributed by atoms with Gasteiger partial charge in [-0.05, 0) is 12.1 Å². The number of para-hydroxylation sites is 1. The third-order valence-electron chi connectivity index (χ3n) is 6.89. The normalized spacial score (nSPS) is 23.6. The van der Waals surface area contributed by atoms with Crippen molar-refractivity contribution in [3.8, 4) is 0 Å². The number of fused-ring (bicyclic) bond motifs is 2. The van der Waals surface area contributed by atoms with Gasteiger partial charge < -0.3 is 9.80 Å². The number of amides is 1. The van der Waals surface area contributed by atoms with E-state index in [1.807, 2.05) is 0 Å². The molecule has 0 aliphatic carbocycles. The standard InChI is InChI=1S/C21H24F3N5O3S/c1-33(31,32)29-7-6-17-15(12-29)19(26-25-17)20(30)28-10-13-8-27(9-14(13)11-28)18-5-3-2-4-16(18)21(22,23)24/h2-5,13-14H,6-12H2,1H3,(H,25,26). The van der Waals surface area contributed by atoms with Crippen LogP contribution in [0.25, 0.3) is 0 Å². The molecule has 0 bridgehead atoms. The quantitative estimate of drug-likeness (QED) is 0.721. The number of anilines is 1. The first-order chi connectivity index (χ1) is 15.5. The van der Waals surface area contributed by atoms with Crippen molar-refractivity contribution in [1.82, 2.24) is 19.4 Å². The summed E-state index contributed by atoms with van der Waals surface area (Å²) in [5.41, 5.74) is 1.15. The number of H-pyrrole nitrogens is 1. The zero-order valence-electron chi connectivity index (χ0n) is 18.0. The number of likely N-dealkylation sites (tertiary alicyclic amines) is 1. The van der Waals surface area contributed by atoms with Crippen LogP contribution >= 0.6 is 0 Å². The first-order valence-corrected chi connectivity index (χ1v) is 12.6. The Kier molecular flexibility index (Phi) is 5.20. The number of carbonyl (C=O) groups is 1. The molecule has 1 aromatic carbocycles. The molecule has 1 N–H and O–H groups in total. The maximum atomic E-state index is 13.4. The van der Waals surface area contributed by atoms with Crippen molar-refractivity contribution < 1.29 is 26.4 Å². The molecule has 1 aromatic heterocycles. The summed E-state index contributed by atoms with van der Waals surface area (Å²) in [6.45, 7) is 2.21. The number of aromatic amines is 1. The van der Waals surface area contributed by atoms with Gasteiger partial charge in [0.25, 0.3) is 5.91 Å². The highest BCUT2D eigenvalue weighted by Gasteiger charge is 2.45. The molecule has 2 unspecified atom stereocenters. The molecule has 4 heterocycles. The molecule has 3 aliphatic rings. The Morgan fingerprint density at radius 3 is 2.42 bits per heavy atom. The Bertz CT molecular complexity index is 1180. The summed E-state index contributed by atoms with van der Waals surface area (Å²) in [7, 11) is -3.39. The summed E-state index contributed by atoms with van der Waals surface area (Å²) >= 11 is 0. The second-order valence-electron chi connectivity index (χ2n) is 9.03. The molecule has 12 heteroatoms. The van der Waals surface area contributed by atoms with Crippen molar-refractivity contribution >= 4 is 21.6 Å². The molecule has 33 heavy (non-hydrogen) atoms. The molecular formula is C21H24F3N5O3S. The minimum absolute atomic E-state index is 0.0672. The Morgan fingerprint density at radius 2 is 1.79 bits per heavy atom. The fourth-order valence-electron chi connectivity index (χ4n) is 5.22. The van der Waals surface area contributed by atoms with Gasteiger partial charge in [-0.3, -0.25) is 9.89 Å². The highest BCUT2D eigenvalue weighted by atomic mass is 32.2. The van der Waals surface area contributed by atoms with Crippen LogP contribution in [-0.2, 0) is 29.2 Å². The number of carbonyl (C=O) groups excluding carboxylic acids is 1. The van der Waals surface area contributed by atoms with Crippen LogP contribution in [0.4, 0.5) is 18.9 Å². The highest BCUT2D eigenvalue weighted by Crippen LogP contribution is 2.41. The van der Waals surface area contributed by atoms with E-state index in [0.29, 0.717) is 44.7 Å². The third-order valence-corrected chi connectivity index (χ3v) is 8.14. The van der Waals surface area contributed by atoms with Crippen LogP contribution in [0.3, 0.4) is 0 Å². The Hall–Kier alpha value is -2.60. The molecule has 8 nitrogen and oxygen atoms in total. The van der Waals surface area contributed by atoms with E-state index in [2.05, 4.69) is 10.2 Å². The van der Waals surface area contributed by atoms with Crippen molar-refractivity contribution in [3.63, 3.8) is 0 Å². The zero-order chi connectivity index (χ0) is 23.5. The topological polar surface area (TPSA) is 89.6 Å². The minimum atomic E-state index is -4.42. The SMILES string of the molecule is CS(=O)(=O)N1CCc2[nH]nc(C(=O)N3CC4CN(c5ccccc5C(F)(F)F)CC4C3)c2C1. The van der Waals surface area contributed by atoms with E-state index < -0.39 is 21.8 Å². The van der Waals surface area contributed by atoms with Crippen molar-refractivity contribution in [1.29, 1.82) is 0 Å². The van der Waals surface area contributed by atoms with E-state index in [4.69, 9.17) is 0 Å². The van der Waals surface area contributed by atoms with E-state index in [-0.39, 0.29) is 35.7 Å². The highest BCUT2D eigenvalue weighted by molar-refractivity contribution is 7.88. The van der Waals surface area contributed by atoms with Crippen molar-refractivity contribution in [2.24, 2.45) is 11.8 Å². The second kappa shape index (κ2) is 7.73. The maximum Gasteiger partial charge on any atom is 0.418 e. The molecule has 2 atom stereocenters. The summed E-state index contributed by atoms with van der Waals surface area (Å²) in [5, 5.41) is 7.05. The first kappa shape index (κ1) is 22.2. The molecule has 2 fully saturated rings. The largest absolute Gasteiger partial charge is 0.418 e. The van der Waals surface area contributed by atoms with Gasteiger partial charge in [-0.15, -0.1) is 0 Å². The number of hydrogen-bond acceptors (Lipinski definition) is 5. The maximum absolute atomic E-state index is 13.4. The van der Waals surface area contributed by atoms with Crippen LogP contribution in [0.5, 0.6) is 0 Å². The summed E-state index contributed by atoms with van der Waals surface area (Å²) in [6, 6.07) is 5.59. The molecule has 5 rings (SSSR count). The van der Waals surface area contributed by atoms with Gasteiger partial charge in [-0.25, -0.2) is 8.42 Å². The summed E-state index contributed by atoms with van der Waals surface area (Å²) in [6.07, 6.45) is -2.82. The molecule has 2 aromatic rings. The van der Waals surface area contributed by atoms with E-state index in [1.165, 1.54) is 16.4 Å². The van der Waals surface area contributed by atoms with E-state index in [9.17, 15) is 26.4 Å². The lowest BCUT2D eigenvalue weighted by Gasteiger charge is -2.26. The van der Waals surface area contributed by atoms with Gasteiger partial charge in [-0.2, -0.15) is 22.6 Å². The van der Waals surface area contributed by atoms with E-state index in [1.54, 1.807) is 15.9 Å². The van der Waals surface area contributed by atoms with Crippen molar-refractivity contribution in [2.45, 2.75) is 19.1 Å². The Morgan fingerprint density at radius 1 is 1.12 bits per heavy atom. The fourth-order valence-corrected chi connectivity index (χ4v) is 6.01. The smallest absolute Gasteiger partial charge is 0.370 e. The van der Waals surface area contributed by atoms with E-state index in [0.717, 1.165) is 18.0 Å². The lowest BCUT2D eigenvalue weighted by atomic mass is 10.0. The van der Waals surface area contributed by atoms with Crippen LogP contribution in [0, 0.1) is 11.8 Å². The monoisotopic (exact) mass is 483 g/mol. The molecule has 1 amide bonds. The number of rotatable bonds is 3. The summed E-state index contributed by atoms with van der Waals surface area (Å²) in [5.74, 6) is -0.130. The molecule has 3 aliphatic heterocycles. The number of halogens is 3. The van der Waals surface area contributed by atoms with Crippen LogP contribution in [0.2, 0.25) is 0 Å². The predicted octanol–water partition coefficient (Wildman–Crippen LogP) is 1.95. The van der Waals surface area contributed by atoms with Crippen LogP contribution in [0.1, 0.15) is 27.3 Å². The molecule has 0 saturated carbocycles. The van der Waals surface area contributed by atoms with Gasteiger partial charge in [-0.1, -0.05) is 12.1 Å². The van der Waals surface area contributed by atoms with Crippen molar-refractivity contribution in [2.75, 3.05) is 43.9 Å². The number of hydrogen-bond donors (Lipinski definition) is 1. The first-order valence-electron chi connectivity index (χ1n) is 10.7. The van der Waals surface area contributed by atoms with Gasteiger partial charge in [0.05, 0.1) is 11.8 Å². The fraction of sp³-hybridized carbons (Fsp3) is 0.524. The summed E-state index contributed by atoms with van der Waals surface area (Å²) in [4.78, 5) is 16.7. The van der Waals surface area contributed by atoms with E-state index >= 15 is 0 Å². The number of sulfonamides is 1. The lowest BCUT2D eigenvalue weighted by molar-refractivity contribution is -0.137. The number of aromatic nitrogens is 2. The molecular weight excluding hydrogens is 459 g/mol. The van der Waals surface area contributed by atoms with Gasteiger partial charge in [0.2, 0.25) is 10.0 Å². The predicted molar refractivity (Wildman–Crippen MR) is 114 cm³/mol. The second-order valence-corrected chi connectivity index (χ2v) is 11.0. The van der Waals surface area contributed by atoms with Gasteiger partial charge in [0, 0.05) is 74.5 Å². The van der Waals surface area contributed by atoms with Crippen molar-refractivity contribution in [3.05, 3.63) is 46.8 Å². The van der Waals surface area contributed by atoms with Crippen LogP contribution in [-0.4, -0.2) is 72.7 Å². The number of alkyl halides is 3.